The molecular formula is C13H24F3N. The minimum atomic E-state index is -4.07. The number of halogens is 3. The van der Waals surface area contributed by atoms with Gasteiger partial charge in [0.05, 0.1) is 6.54 Å². The lowest BCUT2D eigenvalue weighted by Gasteiger charge is -2.40. The Labute approximate surface area is 102 Å². The molecule has 0 bridgehead atoms. The molecule has 0 aromatic heterocycles. The van der Waals surface area contributed by atoms with Gasteiger partial charge >= 0.3 is 6.18 Å². The van der Waals surface area contributed by atoms with E-state index < -0.39 is 12.7 Å². The van der Waals surface area contributed by atoms with Crippen molar-refractivity contribution in [3.63, 3.8) is 0 Å². The normalized spacial score (nSPS) is 27.5. The van der Waals surface area contributed by atoms with E-state index in [0.29, 0.717) is 5.92 Å². The van der Waals surface area contributed by atoms with Gasteiger partial charge in [-0.05, 0) is 44.1 Å². The van der Waals surface area contributed by atoms with Gasteiger partial charge in [-0.3, -0.25) is 4.90 Å². The van der Waals surface area contributed by atoms with Gasteiger partial charge in [0.2, 0.25) is 0 Å². The Morgan fingerprint density at radius 3 is 1.82 bits per heavy atom. The average Bonchev–Trinajstić information content (AvgIpc) is 2.14. The first-order valence-corrected chi connectivity index (χ1v) is 6.36. The highest BCUT2D eigenvalue weighted by molar-refractivity contribution is 4.84. The van der Waals surface area contributed by atoms with E-state index in [4.69, 9.17) is 0 Å². The van der Waals surface area contributed by atoms with E-state index in [9.17, 15) is 13.2 Å². The van der Waals surface area contributed by atoms with Crippen molar-refractivity contribution in [2.24, 2.45) is 11.3 Å². The third-order valence-corrected chi connectivity index (χ3v) is 3.97. The van der Waals surface area contributed by atoms with Crippen LogP contribution in [-0.4, -0.2) is 30.7 Å². The van der Waals surface area contributed by atoms with E-state index in [2.05, 4.69) is 20.8 Å². The SMILES string of the molecule is CN(CC(F)(F)F)[C@H]1CC[C@H](C(C)(C)C)CC1. The Bertz CT molecular complexity index is 234. The van der Waals surface area contributed by atoms with Gasteiger partial charge in [0.25, 0.3) is 0 Å². The van der Waals surface area contributed by atoms with Crippen LogP contribution in [0.1, 0.15) is 46.5 Å². The molecule has 1 aliphatic rings. The fourth-order valence-electron chi connectivity index (χ4n) is 2.79. The molecule has 0 amide bonds. The minimum Gasteiger partial charge on any atom is -0.295 e. The maximum absolute atomic E-state index is 12.3. The molecule has 0 saturated heterocycles. The maximum atomic E-state index is 12.3. The lowest BCUT2D eigenvalue weighted by atomic mass is 9.71. The lowest BCUT2D eigenvalue weighted by Crippen LogP contribution is -2.42. The van der Waals surface area contributed by atoms with Crippen LogP contribution in [0.25, 0.3) is 0 Å². The van der Waals surface area contributed by atoms with E-state index in [-0.39, 0.29) is 11.5 Å². The zero-order valence-corrected chi connectivity index (χ0v) is 11.3. The summed E-state index contributed by atoms with van der Waals surface area (Å²) in [5.41, 5.74) is 0.285. The number of hydrogen-bond acceptors (Lipinski definition) is 1. The summed E-state index contributed by atoms with van der Waals surface area (Å²) in [5.74, 6) is 0.651. The van der Waals surface area contributed by atoms with Crippen LogP contribution in [0.5, 0.6) is 0 Å². The first-order valence-electron chi connectivity index (χ1n) is 6.36. The van der Waals surface area contributed by atoms with Crippen molar-refractivity contribution in [2.45, 2.75) is 58.7 Å². The molecule has 0 spiro atoms. The van der Waals surface area contributed by atoms with Crippen LogP contribution < -0.4 is 0 Å². The summed E-state index contributed by atoms with van der Waals surface area (Å²) in [6, 6.07) is 0.107. The van der Waals surface area contributed by atoms with Crippen LogP contribution in [-0.2, 0) is 0 Å². The molecule has 0 aromatic carbocycles. The molecular weight excluding hydrogens is 227 g/mol. The Morgan fingerprint density at radius 2 is 1.47 bits per heavy atom. The van der Waals surface area contributed by atoms with Crippen LogP contribution >= 0.6 is 0 Å². The van der Waals surface area contributed by atoms with E-state index in [1.807, 2.05) is 0 Å². The van der Waals surface area contributed by atoms with Gasteiger partial charge in [0, 0.05) is 6.04 Å². The monoisotopic (exact) mass is 251 g/mol. The summed E-state index contributed by atoms with van der Waals surface area (Å²) in [6.45, 7) is 5.88. The molecule has 1 fully saturated rings. The Balaban J connectivity index is 2.42. The molecule has 0 atom stereocenters. The van der Waals surface area contributed by atoms with Crippen molar-refractivity contribution in [1.82, 2.24) is 4.90 Å². The fourth-order valence-corrected chi connectivity index (χ4v) is 2.79. The summed E-state index contributed by atoms with van der Waals surface area (Å²) in [7, 11) is 1.59. The van der Waals surface area contributed by atoms with E-state index >= 15 is 0 Å². The van der Waals surface area contributed by atoms with E-state index in [1.165, 1.54) is 4.90 Å². The molecule has 1 nitrogen and oxygen atoms in total. The van der Waals surface area contributed by atoms with E-state index in [0.717, 1.165) is 25.7 Å². The second-order valence-electron chi connectivity index (χ2n) is 6.40. The first kappa shape index (κ1) is 14.8. The quantitative estimate of drug-likeness (QED) is 0.714. The van der Waals surface area contributed by atoms with Crippen molar-refractivity contribution < 1.29 is 13.2 Å². The zero-order chi connectivity index (χ0) is 13.3. The second kappa shape index (κ2) is 5.17. The predicted molar refractivity (Wildman–Crippen MR) is 63.9 cm³/mol. The van der Waals surface area contributed by atoms with Crippen LogP contribution in [0, 0.1) is 11.3 Å². The van der Waals surface area contributed by atoms with Crippen LogP contribution in [0.3, 0.4) is 0 Å². The molecule has 1 rings (SSSR count). The number of nitrogens with zero attached hydrogens (tertiary/aromatic N) is 1. The molecule has 0 heterocycles. The minimum absolute atomic E-state index is 0.107. The van der Waals surface area contributed by atoms with Crippen molar-refractivity contribution in [2.75, 3.05) is 13.6 Å². The molecule has 1 aliphatic carbocycles. The average molecular weight is 251 g/mol. The Kier molecular flexibility index (Phi) is 4.50. The second-order valence-corrected chi connectivity index (χ2v) is 6.40. The molecule has 0 aromatic rings. The summed E-state index contributed by atoms with van der Waals surface area (Å²) < 4.78 is 36.9. The summed E-state index contributed by atoms with van der Waals surface area (Å²) in [6.07, 6.45) is -0.175. The molecule has 0 unspecified atom stereocenters. The van der Waals surface area contributed by atoms with Gasteiger partial charge in [-0.25, -0.2) is 0 Å². The van der Waals surface area contributed by atoms with Crippen LogP contribution in [0.15, 0.2) is 0 Å². The lowest BCUT2D eigenvalue weighted by molar-refractivity contribution is -0.149. The largest absolute Gasteiger partial charge is 0.401 e. The number of rotatable bonds is 2. The summed E-state index contributed by atoms with van der Waals surface area (Å²) in [5, 5.41) is 0. The number of alkyl halides is 3. The molecule has 0 N–H and O–H groups in total. The third-order valence-electron chi connectivity index (χ3n) is 3.97. The van der Waals surface area contributed by atoms with Crippen LogP contribution in [0.4, 0.5) is 13.2 Å². The van der Waals surface area contributed by atoms with Gasteiger partial charge in [0.15, 0.2) is 0 Å². The van der Waals surface area contributed by atoms with Gasteiger partial charge in [-0.2, -0.15) is 13.2 Å². The zero-order valence-electron chi connectivity index (χ0n) is 11.3. The molecule has 4 heteroatoms. The predicted octanol–water partition coefficient (Wildman–Crippen LogP) is 4.09. The van der Waals surface area contributed by atoms with Gasteiger partial charge < -0.3 is 0 Å². The smallest absolute Gasteiger partial charge is 0.295 e. The molecule has 0 aliphatic heterocycles. The number of hydrogen-bond donors (Lipinski definition) is 0. The Hall–Kier alpha value is -0.250. The van der Waals surface area contributed by atoms with E-state index in [1.54, 1.807) is 7.05 Å². The molecule has 0 radical (unpaired) electrons. The highest BCUT2D eigenvalue weighted by Gasteiger charge is 2.35. The standard InChI is InChI=1S/C13H24F3N/c1-12(2,3)10-5-7-11(8-6-10)17(4)9-13(14,15)16/h10-11H,5-9H2,1-4H3/t10-,11-. The third kappa shape index (κ3) is 4.86. The Morgan fingerprint density at radius 1 is 1.00 bits per heavy atom. The fraction of sp³-hybridized carbons (Fsp3) is 1.00. The maximum Gasteiger partial charge on any atom is 0.401 e. The van der Waals surface area contributed by atoms with Crippen molar-refractivity contribution in [3.8, 4) is 0 Å². The summed E-state index contributed by atoms with van der Waals surface area (Å²) in [4.78, 5) is 1.47. The first-order chi connectivity index (χ1) is 7.59. The highest BCUT2D eigenvalue weighted by atomic mass is 19.4. The van der Waals surface area contributed by atoms with Gasteiger partial charge in [-0.15, -0.1) is 0 Å². The van der Waals surface area contributed by atoms with Crippen LogP contribution in [0.2, 0.25) is 0 Å². The van der Waals surface area contributed by atoms with Crippen molar-refractivity contribution >= 4 is 0 Å². The van der Waals surface area contributed by atoms with Crippen molar-refractivity contribution in [3.05, 3.63) is 0 Å². The van der Waals surface area contributed by atoms with Gasteiger partial charge in [-0.1, -0.05) is 20.8 Å². The highest BCUT2D eigenvalue weighted by Crippen LogP contribution is 2.39. The van der Waals surface area contributed by atoms with Crippen molar-refractivity contribution in [1.29, 1.82) is 0 Å². The molecule has 102 valence electrons. The topological polar surface area (TPSA) is 3.24 Å². The molecule has 1 saturated carbocycles. The van der Waals surface area contributed by atoms with Gasteiger partial charge in [0.1, 0.15) is 0 Å². The molecule has 17 heavy (non-hydrogen) atoms. The summed E-state index contributed by atoms with van der Waals surface area (Å²) >= 11 is 0.